The van der Waals surface area contributed by atoms with E-state index in [9.17, 15) is 14.4 Å². The minimum Gasteiger partial charge on any atom is -0.385 e. The minimum atomic E-state index is -0.628. The van der Waals surface area contributed by atoms with Gasteiger partial charge in [0.25, 0.3) is 5.56 Å². The van der Waals surface area contributed by atoms with E-state index in [1.54, 1.807) is 0 Å². The predicted molar refractivity (Wildman–Crippen MR) is 66.4 cm³/mol. The Morgan fingerprint density at radius 1 is 1.56 bits per heavy atom. The number of rotatable bonds is 6. The first-order valence-electron chi connectivity index (χ1n) is 5.24. The van der Waals surface area contributed by atoms with Crippen LogP contribution in [0.25, 0.3) is 0 Å². The summed E-state index contributed by atoms with van der Waals surface area (Å²) in [7, 11) is 1.42. The van der Waals surface area contributed by atoms with Gasteiger partial charge in [-0.2, -0.15) is 0 Å². The van der Waals surface area contributed by atoms with Crippen molar-refractivity contribution in [1.29, 1.82) is 0 Å². The fourth-order valence-electron chi connectivity index (χ4n) is 1.31. The average molecular weight is 253 g/mol. The number of ketones is 1. The van der Waals surface area contributed by atoms with Crippen LogP contribution in [0.4, 0.5) is 5.82 Å². The third-order valence-corrected chi connectivity index (χ3v) is 2.28. The second-order valence-electron chi connectivity index (χ2n) is 3.68. The molecule has 18 heavy (non-hydrogen) atoms. The maximum absolute atomic E-state index is 11.7. The maximum atomic E-state index is 11.7. The van der Waals surface area contributed by atoms with Gasteiger partial charge in [-0.15, -0.1) is 6.58 Å². The monoisotopic (exact) mass is 253 g/mol. The fraction of sp³-hybridized carbons (Fsp3) is 0.364. The van der Waals surface area contributed by atoms with Crippen molar-refractivity contribution in [1.82, 2.24) is 9.13 Å². The van der Waals surface area contributed by atoms with Gasteiger partial charge in [0.05, 0.1) is 13.2 Å². The Labute approximate surface area is 103 Å². The van der Waals surface area contributed by atoms with Gasteiger partial charge in [0.2, 0.25) is 0 Å². The molecule has 0 aliphatic rings. The normalized spacial score (nSPS) is 10.3. The summed E-state index contributed by atoms with van der Waals surface area (Å²) in [5.41, 5.74) is 4.22. The second-order valence-corrected chi connectivity index (χ2v) is 3.68. The third kappa shape index (κ3) is 3.17. The number of nitrogen functional groups attached to an aromatic ring is 1. The van der Waals surface area contributed by atoms with E-state index in [2.05, 4.69) is 6.58 Å². The summed E-state index contributed by atoms with van der Waals surface area (Å²) in [5.74, 6) is -0.322. The van der Waals surface area contributed by atoms with Crippen LogP contribution < -0.4 is 17.0 Å². The van der Waals surface area contributed by atoms with Gasteiger partial charge in [-0.1, -0.05) is 6.08 Å². The molecule has 1 heterocycles. The molecule has 0 saturated heterocycles. The quantitative estimate of drug-likeness (QED) is 0.513. The first-order chi connectivity index (χ1) is 8.47. The van der Waals surface area contributed by atoms with Gasteiger partial charge in [-0.25, -0.2) is 4.79 Å². The van der Waals surface area contributed by atoms with Crippen LogP contribution in [0.5, 0.6) is 0 Å². The van der Waals surface area contributed by atoms with E-state index in [0.717, 1.165) is 15.2 Å². The van der Waals surface area contributed by atoms with E-state index < -0.39 is 11.2 Å². The van der Waals surface area contributed by atoms with E-state index in [1.807, 2.05) is 0 Å². The smallest absolute Gasteiger partial charge is 0.332 e. The highest BCUT2D eigenvalue weighted by atomic mass is 16.5. The molecule has 0 fully saturated rings. The number of carbonyl (C=O) groups is 1. The average Bonchev–Trinajstić information content (AvgIpc) is 2.32. The zero-order chi connectivity index (χ0) is 13.7. The zero-order valence-electron chi connectivity index (χ0n) is 10.1. The van der Waals surface area contributed by atoms with Crippen molar-refractivity contribution in [3.63, 3.8) is 0 Å². The molecule has 98 valence electrons. The summed E-state index contributed by atoms with van der Waals surface area (Å²) in [5, 5.41) is 0. The summed E-state index contributed by atoms with van der Waals surface area (Å²) in [6.07, 6.45) is 1.50. The van der Waals surface area contributed by atoms with Crippen LogP contribution in [0, 0.1) is 0 Å². The number of Topliss-reactive ketones (excluding diaryl/α,β-unsaturated/α-hetero) is 1. The van der Waals surface area contributed by atoms with Crippen molar-refractivity contribution in [2.24, 2.45) is 7.05 Å². The lowest BCUT2D eigenvalue weighted by Gasteiger charge is -2.08. The number of nitrogens with zero attached hydrogens (tertiary/aromatic N) is 2. The molecule has 0 unspecified atom stereocenters. The first kappa shape index (κ1) is 13.9. The van der Waals surface area contributed by atoms with Crippen molar-refractivity contribution in [3.8, 4) is 0 Å². The van der Waals surface area contributed by atoms with Gasteiger partial charge < -0.3 is 10.5 Å². The van der Waals surface area contributed by atoms with Crippen molar-refractivity contribution in [2.75, 3.05) is 18.9 Å². The number of carbonyl (C=O) groups excluding carboxylic acids is 1. The van der Waals surface area contributed by atoms with Gasteiger partial charge in [0.15, 0.2) is 5.78 Å². The van der Waals surface area contributed by atoms with Gasteiger partial charge in [-0.3, -0.25) is 18.7 Å². The summed E-state index contributed by atoms with van der Waals surface area (Å²) < 4.78 is 6.85. The van der Waals surface area contributed by atoms with Gasteiger partial charge in [-0.05, 0) is 0 Å². The molecule has 7 heteroatoms. The SMILES string of the molecule is C=CCOCC(=O)Cn1c(=O)cc(N)n(C)c1=O. The van der Waals surface area contributed by atoms with Gasteiger partial charge >= 0.3 is 5.69 Å². The first-order valence-corrected chi connectivity index (χ1v) is 5.24. The highest BCUT2D eigenvalue weighted by Gasteiger charge is 2.10. The molecular weight excluding hydrogens is 238 g/mol. The Balaban J connectivity index is 2.89. The second kappa shape index (κ2) is 5.97. The number of hydrogen-bond acceptors (Lipinski definition) is 5. The van der Waals surface area contributed by atoms with Crippen LogP contribution >= 0.6 is 0 Å². The lowest BCUT2D eigenvalue weighted by atomic mass is 10.4. The molecule has 1 aromatic rings. The third-order valence-electron chi connectivity index (χ3n) is 2.28. The Kier molecular flexibility index (Phi) is 4.61. The van der Waals surface area contributed by atoms with Crippen LogP contribution in [-0.2, 0) is 23.1 Å². The van der Waals surface area contributed by atoms with Crippen LogP contribution in [-0.4, -0.2) is 28.1 Å². The van der Waals surface area contributed by atoms with E-state index >= 15 is 0 Å². The minimum absolute atomic E-state index is 0.0524. The number of ether oxygens (including phenoxy) is 1. The molecule has 0 amide bonds. The molecule has 0 aromatic carbocycles. The molecule has 2 N–H and O–H groups in total. The molecule has 0 aliphatic heterocycles. The number of nitrogens with two attached hydrogens (primary N) is 1. The van der Waals surface area contributed by atoms with Gasteiger partial charge in [0, 0.05) is 13.1 Å². The molecule has 0 aliphatic carbocycles. The maximum Gasteiger partial charge on any atom is 0.332 e. The molecule has 1 rings (SSSR count). The van der Waals surface area contributed by atoms with Crippen LogP contribution in [0.2, 0.25) is 0 Å². The zero-order valence-corrected chi connectivity index (χ0v) is 10.1. The Hall–Kier alpha value is -2.15. The van der Waals surface area contributed by atoms with Gasteiger partial charge in [0.1, 0.15) is 12.4 Å². The highest BCUT2D eigenvalue weighted by Crippen LogP contribution is 1.90. The Bertz CT molecular complexity index is 571. The molecule has 7 nitrogen and oxygen atoms in total. The summed E-state index contributed by atoms with van der Waals surface area (Å²) in [6.45, 7) is 3.16. The van der Waals surface area contributed by atoms with Crippen molar-refractivity contribution < 1.29 is 9.53 Å². The largest absolute Gasteiger partial charge is 0.385 e. The molecule has 0 radical (unpaired) electrons. The Morgan fingerprint density at radius 3 is 2.83 bits per heavy atom. The number of aromatic nitrogens is 2. The summed E-state index contributed by atoms with van der Waals surface area (Å²) >= 11 is 0. The molecule has 1 aromatic heterocycles. The van der Waals surface area contributed by atoms with Crippen LogP contribution in [0.1, 0.15) is 0 Å². The predicted octanol–water partition coefficient (Wildman–Crippen LogP) is -1.10. The van der Waals surface area contributed by atoms with Crippen molar-refractivity contribution in [2.45, 2.75) is 6.54 Å². The number of anilines is 1. The Morgan fingerprint density at radius 2 is 2.22 bits per heavy atom. The molecular formula is C11H15N3O4. The standard InChI is InChI=1S/C11H15N3O4/c1-3-4-18-7-8(15)6-14-10(16)5-9(12)13(2)11(14)17/h3,5H,1,4,6-7,12H2,2H3. The lowest BCUT2D eigenvalue weighted by molar-refractivity contribution is -0.123. The topological polar surface area (TPSA) is 96.3 Å². The van der Waals surface area contributed by atoms with Crippen LogP contribution in [0.3, 0.4) is 0 Å². The fourth-order valence-corrected chi connectivity index (χ4v) is 1.31. The van der Waals surface area contributed by atoms with Crippen molar-refractivity contribution >= 4 is 11.6 Å². The molecule has 0 spiro atoms. The summed E-state index contributed by atoms with van der Waals surface area (Å²) in [4.78, 5) is 34.7. The van der Waals surface area contributed by atoms with Crippen molar-refractivity contribution in [3.05, 3.63) is 39.6 Å². The van der Waals surface area contributed by atoms with E-state index in [0.29, 0.717) is 0 Å². The van der Waals surface area contributed by atoms with E-state index in [4.69, 9.17) is 10.5 Å². The number of hydrogen-bond donors (Lipinski definition) is 1. The van der Waals surface area contributed by atoms with E-state index in [1.165, 1.54) is 13.1 Å². The molecule has 0 saturated carbocycles. The highest BCUT2D eigenvalue weighted by molar-refractivity contribution is 5.79. The molecule has 0 atom stereocenters. The lowest BCUT2D eigenvalue weighted by Crippen LogP contribution is -2.41. The van der Waals surface area contributed by atoms with Crippen LogP contribution in [0.15, 0.2) is 28.3 Å². The van der Waals surface area contributed by atoms with E-state index in [-0.39, 0.29) is 31.4 Å². The molecule has 0 bridgehead atoms. The summed E-state index contributed by atoms with van der Waals surface area (Å²) in [6, 6.07) is 1.10.